The lowest BCUT2D eigenvalue weighted by atomic mass is 9.87. The zero-order valence-corrected chi connectivity index (χ0v) is 21.6. The molecule has 0 aromatic heterocycles. The van der Waals surface area contributed by atoms with Gasteiger partial charge in [0.15, 0.2) is 0 Å². The molecule has 0 spiro atoms. The van der Waals surface area contributed by atoms with Gasteiger partial charge >= 0.3 is 12.1 Å². The Kier molecular flexibility index (Phi) is 15.7. The Morgan fingerprint density at radius 1 is 0.710 bits per heavy atom. The van der Waals surface area contributed by atoms with Crippen LogP contribution in [0.2, 0.25) is 0 Å². The fourth-order valence-electron chi connectivity index (χ4n) is 3.27. The maximum atomic E-state index is 12.5. The van der Waals surface area contributed by atoms with E-state index in [1.807, 2.05) is 41.5 Å². The van der Waals surface area contributed by atoms with Crippen molar-refractivity contribution in [2.24, 2.45) is 10.8 Å². The van der Waals surface area contributed by atoms with E-state index in [1.54, 1.807) is 0 Å². The van der Waals surface area contributed by atoms with Crippen LogP contribution in [-0.4, -0.2) is 31.3 Å². The van der Waals surface area contributed by atoms with E-state index < -0.39 is 17.6 Å². The monoisotopic (exact) mass is 441 g/mol. The molecule has 0 aliphatic carbocycles. The third-order valence-electron chi connectivity index (χ3n) is 5.24. The van der Waals surface area contributed by atoms with E-state index in [2.05, 4.69) is 12.2 Å². The Bertz CT molecular complexity index is 477. The van der Waals surface area contributed by atoms with Crippen molar-refractivity contribution in [1.82, 2.24) is 5.32 Å². The molecular formula is C26H51NO4. The number of esters is 1. The van der Waals surface area contributed by atoms with Crippen LogP contribution in [-0.2, 0) is 14.3 Å². The third kappa shape index (κ3) is 18.1. The van der Waals surface area contributed by atoms with E-state index in [-0.39, 0.29) is 11.4 Å². The number of carbonyl (C=O) groups excluding carboxylic acids is 2. The van der Waals surface area contributed by atoms with Crippen LogP contribution >= 0.6 is 0 Å². The molecule has 0 aliphatic rings. The van der Waals surface area contributed by atoms with Gasteiger partial charge in [-0.1, -0.05) is 119 Å². The zero-order valence-electron chi connectivity index (χ0n) is 21.6. The minimum Gasteiger partial charge on any atom is -0.464 e. The predicted molar refractivity (Wildman–Crippen MR) is 129 cm³/mol. The molecule has 0 saturated heterocycles. The fraction of sp³-hybridized carbons (Fsp3) is 0.923. The summed E-state index contributed by atoms with van der Waals surface area (Å²) in [6.07, 6.45) is 14.7. The number of carbonyl (C=O) groups is 2. The summed E-state index contributed by atoms with van der Waals surface area (Å²) in [6.45, 7) is 14.7. The molecule has 0 heterocycles. The molecule has 0 fully saturated rings. The van der Waals surface area contributed by atoms with Crippen LogP contribution in [0.5, 0.6) is 0 Å². The van der Waals surface area contributed by atoms with Crippen LogP contribution in [0.15, 0.2) is 0 Å². The van der Waals surface area contributed by atoms with E-state index in [9.17, 15) is 9.59 Å². The third-order valence-corrected chi connectivity index (χ3v) is 5.24. The Hall–Kier alpha value is -1.26. The van der Waals surface area contributed by atoms with Gasteiger partial charge in [-0.15, -0.1) is 0 Å². The average molecular weight is 442 g/mol. The van der Waals surface area contributed by atoms with Crippen LogP contribution in [0.25, 0.3) is 0 Å². The van der Waals surface area contributed by atoms with Crippen molar-refractivity contribution < 1.29 is 19.1 Å². The number of ether oxygens (including phenoxy) is 2. The summed E-state index contributed by atoms with van der Waals surface area (Å²) >= 11 is 0. The number of unbranched alkanes of at least 4 members (excludes halogenated alkanes) is 11. The lowest BCUT2D eigenvalue weighted by Gasteiger charge is -2.29. The van der Waals surface area contributed by atoms with E-state index >= 15 is 0 Å². The molecule has 0 aromatic carbocycles. The standard InChI is InChI=1S/C26H51NO4/c1-8-9-10-11-12-13-14-15-16-17-18-19-20-30-23(28)22(26(5,6)7)27-24(29)31-21-25(2,3)4/h22H,8-21H2,1-7H3,(H,27,29). The zero-order chi connectivity index (χ0) is 23.8. The second-order valence-electron chi connectivity index (χ2n) is 11.1. The topological polar surface area (TPSA) is 64.6 Å². The van der Waals surface area contributed by atoms with Crippen molar-refractivity contribution in [2.75, 3.05) is 13.2 Å². The molecule has 31 heavy (non-hydrogen) atoms. The highest BCUT2D eigenvalue weighted by Crippen LogP contribution is 2.21. The predicted octanol–water partition coefficient (Wildman–Crippen LogP) is 7.42. The van der Waals surface area contributed by atoms with Crippen LogP contribution in [0, 0.1) is 10.8 Å². The first kappa shape index (κ1) is 29.7. The highest BCUT2D eigenvalue weighted by Gasteiger charge is 2.34. The molecule has 0 radical (unpaired) electrons. The first-order valence-electron chi connectivity index (χ1n) is 12.6. The number of amides is 1. The van der Waals surface area contributed by atoms with E-state index in [0.717, 1.165) is 12.8 Å². The van der Waals surface area contributed by atoms with Crippen molar-refractivity contribution in [3.8, 4) is 0 Å². The summed E-state index contributed by atoms with van der Waals surface area (Å²) in [5.41, 5.74) is -0.571. The summed E-state index contributed by atoms with van der Waals surface area (Å²) in [6, 6.07) is -0.725. The van der Waals surface area contributed by atoms with Gasteiger partial charge in [0, 0.05) is 0 Å². The van der Waals surface area contributed by atoms with E-state index in [0.29, 0.717) is 13.2 Å². The second kappa shape index (κ2) is 16.4. The Labute approximate surface area is 192 Å². The van der Waals surface area contributed by atoms with Crippen LogP contribution in [0.1, 0.15) is 126 Å². The number of hydrogen-bond acceptors (Lipinski definition) is 4. The van der Waals surface area contributed by atoms with Crippen molar-refractivity contribution in [3.05, 3.63) is 0 Å². The second-order valence-corrected chi connectivity index (χ2v) is 11.1. The van der Waals surface area contributed by atoms with E-state index in [4.69, 9.17) is 9.47 Å². The molecular weight excluding hydrogens is 390 g/mol. The summed E-state index contributed by atoms with van der Waals surface area (Å²) in [5.74, 6) is -0.386. The molecule has 0 rings (SSSR count). The Morgan fingerprint density at radius 2 is 1.16 bits per heavy atom. The number of hydrogen-bond donors (Lipinski definition) is 1. The van der Waals surface area contributed by atoms with Gasteiger partial charge in [0.2, 0.25) is 0 Å². The lowest BCUT2D eigenvalue weighted by Crippen LogP contribution is -2.50. The molecule has 184 valence electrons. The number of nitrogens with one attached hydrogen (secondary N) is 1. The van der Waals surface area contributed by atoms with Gasteiger partial charge < -0.3 is 14.8 Å². The maximum absolute atomic E-state index is 12.5. The van der Waals surface area contributed by atoms with Crippen molar-refractivity contribution >= 4 is 12.1 Å². The lowest BCUT2D eigenvalue weighted by molar-refractivity contribution is -0.149. The maximum Gasteiger partial charge on any atom is 0.407 e. The Morgan fingerprint density at radius 3 is 1.58 bits per heavy atom. The van der Waals surface area contributed by atoms with Crippen LogP contribution in [0.4, 0.5) is 4.79 Å². The molecule has 5 nitrogen and oxygen atoms in total. The highest BCUT2D eigenvalue weighted by atomic mass is 16.6. The van der Waals surface area contributed by atoms with Crippen molar-refractivity contribution in [1.29, 1.82) is 0 Å². The van der Waals surface area contributed by atoms with Crippen molar-refractivity contribution in [2.45, 2.75) is 132 Å². The Balaban J connectivity index is 3.95. The van der Waals surface area contributed by atoms with Gasteiger partial charge in [-0.05, 0) is 17.3 Å². The summed E-state index contributed by atoms with van der Waals surface area (Å²) in [7, 11) is 0. The summed E-state index contributed by atoms with van der Waals surface area (Å²) in [5, 5.41) is 2.69. The SMILES string of the molecule is CCCCCCCCCCCCCCOC(=O)C(NC(=O)OCC(C)(C)C)C(C)(C)C. The number of rotatable bonds is 16. The molecule has 1 N–H and O–H groups in total. The summed E-state index contributed by atoms with van der Waals surface area (Å²) in [4.78, 5) is 24.6. The first-order valence-corrected chi connectivity index (χ1v) is 12.6. The van der Waals surface area contributed by atoms with Crippen LogP contribution in [0.3, 0.4) is 0 Å². The quantitative estimate of drug-likeness (QED) is 0.200. The first-order chi connectivity index (χ1) is 14.5. The van der Waals surface area contributed by atoms with Crippen molar-refractivity contribution in [3.63, 3.8) is 0 Å². The van der Waals surface area contributed by atoms with Gasteiger partial charge in [0.05, 0.1) is 13.2 Å². The number of alkyl carbamates (subject to hydrolysis) is 1. The minimum absolute atomic E-state index is 0.121. The molecule has 1 atom stereocenters. The van der Waals surface area contributed by atoms with Gasteiger partial charge in [-0.25, -0.2) is 9.59 Å². The molecule has 1 unspecified atom stereocenters. The summed E-state index contributed by atoms with van der Waals surface area (Å²) < 4.78 is 10.7. The highest BCUT2D eigenvalue weighted by molar-refractivity contribution is 5.82. The minimum atomic E-state index is -0.725. The fourth-order valence-corrected chi connectivity index (χ4v) is 3.27. The molecule has 0 saturated carbocycles. The molecule has 1 amide bonds. The van der Waals surface area contributed by atoms with Gasteiger partial charge in [0.25, 0.3) is 0 Å². The largest absolute Gasteiger partial charge is 0.464 e. The van der Waals surface area contributed by atoms with E-state index in [1.165, 1.54) is 64.2 Å². The average Bonchev–Trinajstić information content (AvgIpc) is 2.66. The molecule has 0 aliphatic heterocycles. The van der Waals surface area contributed by atoms with Gasteiger partial charge in [-0.3, -0.25) is 0 Å². The molecule has 0 bridgehead atoms. The molecule has 0 aromatic rings. The van der Waals surface area contributed by atoms with Gasteiger partial charge in [0.1, 0.15) is 6.04 Å². The van der Waals surface area contributed by atoms with Gasteiger partial charge in [-0.2, -0.15) is 0 Å². The van der Waals surface area contributed by atoms with Crippen LogP contribution < -0.4 is 5.32 Å². The normalized spacial score (nSPS) is 13.0. The smallest absolute Gasteiger partial charge is 0.407 e. The molecule has 5 heteroatoms.